The third-order valence-electron chi connectivity index (χ3n) is 3.55. The van der Waals surface area contributed by atoms with Crippen LogP contribution in [-0.4, -0.2) is 25.2 Å². The Morgan fingerprint density at radius 2 is 1.77 bits per heavy atom. The molecule has 0 aliphatic heterocycles. The van der Waals surface area contributed by atoms with E-state index in [0.29, 0.717) is 17.7 Å². The number of nitrogens with zero attached hydrogens (tertiary/aromatic N) is 1. The maximum absolute atomic E-state index is 12.2. The molecule has 26 heavy (non-hydrogen) atoms. The number of carbonyl (C=O) groups excluding carboxylic acids is 2. The maximum Gasteiger partial charge on any atom is 0.348 e. The normalized spacial score (nSPS) is 10.7. The molecular weight excluding hydrogens is 330 g/mol. The Bertz CT molecular complexity index is 878. The van der Waals surface area contributed by atoms with Crippen molar-refractivity contribution in [2.45, 2.75) is 13.8 Å². The maximum atomic E-state index is 12.2. The molecule has 2 rings (SSSR count). The fourth-order valence-corrected chi connectivity index (χ4v) is 2.43. The zero-order chi connectivity index (χ0) is 18.9. The zero-order valence-electron chi connectivity index (χ0n) is 14.7. The van der Waals surface area contributed by atoms with Crippen LogP contribution in [0.15, 0.2) is 54.1 Å². The van der Waals surface area contributed by atoms with Gasteiger partial charge in [-0.15, -0.1) is 0 Å². The Morgan fingerprint density at radius 3 is 2.46 bits per heavy atom. The van der Waals surface area contributed by atoms with Gasteiger partial charge in [0.25, 0.3) is 0 Å². The van der Waals surface area contributed by atoms with Crippen LogP contribution >= 0.6 is 0 Å². The first-order valence-corrected chi connectivity index (χ1v) is 8.26. The topological polar surface area (TPSA) is 76.4 Å². The Kier molecular flexibility index (Phi) is 6.69. The van der Waals surface area contributed by atoms with E-state index in [0.717, 1.165) is 11.1 Å². The van der Waals surface area contributed by atoms with Crippen molar-refractivity contribution in [2.24, 2.45) is 0 Å². The summed E-state index contributed by atoms with van der Waals surface area (Å²) in [5.74, 6) is -1.05. The molecule has 0 fully saturated rings. The molecular formula is C21H19NO4. The summed E-state index contributed by atoms with van der Waals surface area (Å²) in [6.45, 7) is 3.93. The number of hydrogen-bond acceptors (Lipinski definition) is 5. The predicted molar refractivity (Wildman–Crippen MR) is 98.1 cm³/mol. The molecule has 0 unspecified atom stereocenters. The lowest BCUT2D eigenvalue weighted by molar-refractivity contribution is -0.137. The number of ether oxygens (including phenoxy) is 2. The van der Waals surface area contributed by atoms with Crippen LogP contribution in [0.5, 0.6) is 0 Å². The molecule has 0 heterocycles. The highest BCUT2D eigenvalue weighted by atomic mass is 16.5. The number of rotatable bonds is 6. The van der Waals surface area contributed by atoms with Gasteiger partial charge in [-0.25, -0.2) is 9.59 Å². The van der Waals surface area contributed by atoms with E-state index in [2.05, 4.69) is 0 Å². The highest BCUT2D eigenvalue weighted by Gasteiger charge is 2.14. The summed E-state index contributed by atoms with van der Waals surface area (Å²) in [4.78, 5) is 23.9. The van der Waals surface area contributed by atoms with Gasteiger partial charge in [-0.1, -0.05) is 36.4 Å². The van der Waals surface area contributed by atoms with E-state index < -0.39 is 11.9 Å². The van der Waals surface area contributed by atoms with Gasteiger partial charge in [-0.05, 0) is 48.7 Å². The van der Waals surface area contributed by atoms with Crippen molar-refractivity contribution in [3.63, 3.8) is 0 Å². The van der Waals surface area contributed by atoms with E-state index in [-0.39, 0.29) is 12.2 Å². The molecule has 0 saturated heterocycles. The first kappa shape index (κ1) is 18.9. The summed E-state index contributed by atoms with van der Waals surface area (Å²) in [7, 11) is 0. The third kappa shape index (κ3) is 4.58. The number of esters is 2. The summed E-state index contributed by atoms with van der Waals surface area (Å²) in [5, 5.41) is 9.17. The molecule has 5 heteroatoms. The van der Waals surface area contributed by atoms with Crippen LogP contribution in [0.2, 0.25) is 0 Å². The quantitative estimate of drug-likeness (QED) is 0.447. The molecule has 0 N–H and O–H groups in total. The predicted octanol–water partition coefficient (Wildman–Crippen LogP) is 4.00. The highest BCUT2D eigenvalue weighted by molar-refractivity contribution is 5.99. The monoisotopic (exact) mass is 349 g/mol. The van der Waals surface area contributed by atoms with Crippen molar-refractivity contribution in [1.82, 2.24) is 0 Å². The van der Waals surface area contributed by atoms with Crippen molar-refractivity contribution in [1.29, 1.82) is 5.26 Å². The average molecular weight is 349 g/mol. The van der Waals surface area contributed by atoms with E-state index in [1.165, 1.54) is 6.08 Å². The van der Waals surface area contributed by atoms with Gasteiger partial charge in [0.15, 0.2) is 0 Å². The van der Waals surface area contributed by atoms with E-state index >= 15 is 0 Å². The summed E-state index contributed by atoms with van der Waals surface area (Å²) >= 11 is 0. The molecule has 0 amide bonds. The fraction of sp³-hybridized carbons (Fsp3) is 0.190. The smallest absolute Gasteiger partial charge is 0.348 e. The van der Waals surface area contributed by atoms with Crippen molar-refractivity contribution in [3.05, 3.63) is 65.2 Å². The first-order valence-electron chi connectivity index (χ1n) is 8.26. The Morgan fingerprint density at radius 1 is 1.04 bits per heavy atom. The Hall–Kier alpha value is -3.39. The lowest BCUT2D eigenvalue weighted by atomic mass is 9.97. The van der Waals surface area contributed by atoms with Crippen molar-refractivity contribution >= 4 is 18.0 Å². The molecule has 2 aromatic rings. The van der Waals surface area contributed by atoms with Gasteiger partial charge < -0.3 is 9.47 Å². The van der Waals surface area contributed by atoms with E-state index in [4.69, 9.17) is 14.7 Å². The van der Waals surface area contributed by atoms with Crippen LogP contribution < -0.4 is 0 Å². The summed E-state index contributed by atoms with van der Waals surface area (Å²) in [6, 6.07) is 16.2. The van der Waals surface area contributed by atoms with Crippen LogP contribution in [0.25, 0.3) is 17.2 Å². The molecule has 0 aromatic heterocycles. The molecule has 0 bridgehead atoms. The number of benzene rings is 2. The van der Waals surface area contributed by atoms with Gasteiger partial charge in [-0.2, -0.15) is 5.26 Å². The van der Waals surface area contributed by atoms with Crippen molar-refractivity contribution in [2.75, 3.05) is 13.2 Å². The van der Waals surface area contributed by atoms with E-state index in [1.807, 2.05) is 24.3 Å². The largest absolute Gasteiger partial charge is 0.462 e. The number of hydrogen-bond donors (Lipinski definition) is 0. The minimum atomic E-state index is -0.660. The summed E-state index contributed by atoms with van der Waals surface area (Å²) in [5.41, 5.74) is 2.54. The van der Waals surface area contributed by atoms with E-state index in [9.17, 15) is 9.59 Å². The average Bonchev–Trinajstić information content (AvgIpc) is 2.66. The lowest BCUT2D eigenvalue weighted by Crippen LogP contribution is -2.06. The minimum Gasteiger partial charge on any atom is -0.462 e. The minimum absolute atomic E-state index is 0.0809. The Balaban J connectivity index is 2.44. The van der Waals surface area contributed by atoms with Crippen LogP contribution in [0, 0.1) is 11.3 Å². The molecule has 0 atom stereocenters. The van der Waals surface area contributed by atoms with Crippen molar-refractivity contribution in [3.8, 4) is 17.2 Å². The molecule has 2 aromatic carbocycles. The van der Waals surface area contributed by atoms with Gasteiger partial charge in [0.1, 0.15) is 11.6 Å². The zero-order valence-corrected chi connectivity index (χ0v) is 14.7. The molecule has 132 valence electrons. The van der Waals surface area contributed by atoms with Crippen molar-refractivity contribution < 1.29 is 19.1 Å². The summed E-state index contributed by atoms with van der Waals surface area (Å²) in [6.07, 6.45) is 1.47. The van der Waals surface area contributed by atoms with Gasteiger partial charge in [0, 0.05) is 0 Å². The second-order valence-corrected chi connectivity index (χ2v) is 5.28. The van der Waals surface area contributed by atoms with Gasteiger partial charge >= 0.3 is 11.9 Å². The first-order chi connectivity index (χ1) is 12.6. The molecule has 5 nitrogen and oxygen atoms in total. The molecule has 0 aliphatic carbocycles. The molecule has 0 aliphatic rings. The summed E-state index contributed by atoms with van der Waals surface area (Å²) < 4.78 is 9.97. The van der Waals surface area contributed by atoms with Gasteiger partial charge in [-0.3, -0.25) is 0 Å². The van der Waals surface area contributed by atoms with Gasteiger partial charge in [0.05, 0.1) is 18.8 Å². The second kappa shape index (κ2) is 9.19. The lowest BCUT2D eigenvalue weighted by Gasteiger charge is -2.09. The standard InChI is InChI=1S/C21H19NO4/c1-3-25-20(23)17(14-22)13-15-8-7-9-16(12-15)18-10-5-6-11-19(18)21(24)26-4-2/h5-13H,3-4H2,1-2H3. The molecule has 0 spiro atoms. The van der Waals surface area contributed by atoms with Crippen LogP contribution in [-0.2, 0) is 14.3 Å². The Labute approximate surface area is 152 Å². The highest BCUT2D eigenvalue weighted by Crippen LogP contribution is 2.26. The van der Waals surface area contributed by atoms with Crippen LogP contribution in [0.4, 0.5) is 0 Å². The third-order valence-corrected chi connectivity index (χ3v) is 3.55. The molecule has 0 radical (unpaired) electrons. The second-order valence-electron chi connectivity index (χ2n) is 5.28. The van der Waals surface area contributed by atoms with Crippen LogP contribution in [0.3, 0.4) is 0 Å². The van der Waals surface area contributed by atoms with E-state index in [1.54, 1.807) is 44.2 Å². The van der Waals surface area contributed by atoms with Gasteiger partial charge in [0.2, 0.25) is 0 Å². The molecule has 0 saturated carbocycles. The number of nitriles is 1. The fourth-order valence-electron chi connectivity index (χ4n) is 2.43. The van der Waals surface area contributed by atoms with Crippen LogP contribution in [0.1, 0.15) is 29.8 Å². The SMILES string of the molecule is CCOC(=O)C(C#N)=Cc1cccc(-c2ccccc2C(=O)OCC)c1. The number of carbonyl (C=O) groups is 2.